The molecule has 1 unspecified atom stereocenters. The molecule has 1 aromatic carbocycles. The highest BCUT2D eigenvalue weighted by Gasteiger charge is 2.36. The Morgan fingerprint density at radius 2 is 2.00 bits per heavy atom. The van der Waals surface area contributed by atoms with Gasteiger partial charge in [-0.3, -0.25) is 0 Å². The van der Waals surface area contributed by atoms with Gasteiger partial charge >= 0.3 is 6.18 Å². The van der Waals surface area contributed by atoms with Crippen molar-refractivity contribution >= 4 is 22.8 Å². The molecule has 0 spiro atoms. The van der Waals surface area contributed by atoms with Crippen LogP contribution in [0.1, 0.15) is 36.6 Å². The minimum atomic E-state index is -4.54. The number of aliphatic hydroxyl groups excluding tert-OH is 1. The predicted molar refractivity (Wildman–Crippen MR) is 98.1 cm³/mol. The van der Waals surface area contributed by atoms with Crippen LogP contribution in [0.2, 0.25) is 5.02 Å². The van der Waals surface area contributed by atoms with E-state index in [1.54, 1.807) is 12.1 Å². The van der Waals surface area contributed by atoms with E-state index in [9.17, 15) is 18.3 Å². The number of pyridine rings is 1. The molecule has 3 aromatic rings. The van der Waals surface area contributed by atoms with Crippen molar-refractivity contribution in [3.63, 3.8) is 0 Å². The summed E-state index contributed by atoms with van der Waals surface area (Å²) in [5, 5.41) is 17.3. The third-order valence-corrected chi connectivity index (χ3v) is 5.01. The smallest absolute Gasteiger partial charge is 0.373 e. The topological polar surface area (TPSA) is 49.6 Å². The van der Waals surface area contributed by atoms with Crippen LogP contribution in [-0.4, -0.2) is 20.9 Å². The number of hydrogen-bond acceptors (Lipinski definition) is 3. The zero-order valence-corrected chi connectivity index (χ0v) is 15.4. The molecule has 1 atom stereocenters. The molecule has 1 aliphatic heterocycles. The van der Waals surface area contributed by atoms with Gasteiger partial charge < -0.3 is 10.4 Å². The van der Waals surface area contributed by atoms with Gasteiger partial charge in [-0.2, -0.15) is 18.3 Å². The molecule has 27 heavy (non-hydrogen) atoms. The van der Waals surface area contributed by atoms with E-state index in [-0.39, 0.29) is 23.1 Å². The molecule has 0 saturated heterocycles. The van der Waals surface area contributed by atoms with Crippen molar-refractivity contribution in [2.24, 2.45) is 0 Å². The van der Waals surface area contributed by atoms with Gasteiger partial charge in [-0.25, -0.2) is 4.52 Å². The van der Waals surface area contributed by atoms with Crippen molar-refractivity contribution in [1.82, 2.24) is 9.61 Å². The number of benzene rings is 1. The SMILES string of the molecule is CC(C)c1cc2ccc(C(F)(F)F)c(-c3cc(Cl)c4c(c3)CC(O)N4)n2n1. The molecular formula is C19H17ClF3N3O. The largest absolute Gasteiger partial charge is 0.418 e. The minimum absolute atomic E-state index is 0.0574. The van der Waals surface area contributed by atoms with Crippen molar-refractivity contribution < 1.29 is 18.3 Å². The van der Waals surface area contributed by atoms with Gasteiger partial charge in [0.15, 0.2) is 0 Å². The second-order valence-corrected chi connectivity index (χ2v) is 7.42. The summed E-state index contributed by atoms with van der Waals surface area (Å²) in [4.78, 5) is 0. The van der Waals surface area contributed by atoms with Crippen LogP contribution in [-0.2, 0) is 12.6 Å². The molecule has 0 aliphatic carbocycles. The highest BCUT2D eigenvalue weighted by molar-refractivity contribution is 6.33. The van der Waals surface area contributed by atoms with E-state index in [1.807, 2.05) is 13.8 Å². The molecule has 0 radical (unpaired) electrons. The standard InChI is InChI=1S/C19H17ClF3N3O/c1-9(2)15-8-12-3-4-13(19(21,22)23)18(26(12)25-15)11-5-10-7-16(27)24-17(10)14(20)6-11/h3-6,8-9,16,24,27H,7H2,1-2H3. The number of halogens is 4. The molecule has 0 bridgehead atoms. The Hall–Kier alpha value is -2.25. The lowest BCUT2D eigenvalue weighted by Crippen LogP contribution is -2.12. The number of aliphatic hydroxyl groups is 1. The number of anilines is 1. The van der Waals surface area contributed by atoms with Gasteiger partial charge in [0.2, 0.25) is 0 Å². The van der Waals surface area contributed by atoms with Crippen molar-refractivity contribution in [1.29, 1.82) is 0 Å². The molecule has 142 valence electrons. The van der Waals surface area contributed by atoms with Crippen molar-refractivity contribution in [3.8, 4) is 11.3 Å². The van der Waals surface area contributed by atoms with E-state index in [1.165, 1.54) is 16.6 Å². The van der Waals surface area contributed by atoms with Gasteiger partial charge in [0.05, 0.1) is 33.2 Å². The van der Waals surface area contributed by atoms with Gasteiger partial charge in [0, 0.05) is 12.0 Å². The molecule has 4 nitrogen and oxygen atoms in total. The first-order valence-electron chi connectivity index (χ1n) is 8.52. The second kappa shape index (κ2) is 6.14. The number of alkyl halides is 3. The molecule has 2 aromatic heterocycles. The average molecular weight is 396 g/mol. The summed E-state index contributed by atoms with van der Waals surface area (Å²) in [6.45, 7) is 3.87. The Morgan fingerprint density at radius 1 is 1.26 bits per heavy atom. The van der Waals surface area contributed by atoms with Gasteiger partial charge in [0.1, 0.15) is 6.23 Å². The Balaban J connectivity index is 2.02. The van der Waals surface area contributed by atoms with Crippen LogP contribution in [0.5, 0.6) is 0 Å². The number of aromatic nitrogens is 2. The van der Waals surface area contributed by atoms with Crippen LogP contribution < -0.4 is 5.32 Å². The minimum Gasteiger partial charge on any atom is -0.373 e. The highest BCUT2D eigenvalue weighted by Crippen LogP contribution is 2.42. The van der Waals surface area contributed by atoms with Gasteiger partial charge in [0.25, 0.3) is 0 Å². The zero-order chi connectivity index (χ0) is 19.5. The Morgan fingerprint density at radius 3 is 2.67 bits per heavy atom. The molecule has 0 amide bonds. The fraction of sp³-hybridized carbons (Fsp3) is 0.316. The lowest BCUT2D eigenvalue weighted by Gasteiger charge is -2.16. The maximum absolute atomic E-state index is 13.7. The number of nitrogens with zero attached hydrogens (tertiary/aromatic N) is 2. The first kappa shape index (κ1) is 18.1. The third kappa shape index (κ3) is 3.04. The summed E-state index contributed by atoms with van der Waals surface area (Å²) in [5.74, 6) is 0.0787. The lowest BCUT2D eigenvalue weighted by atomic mass is 10.0. The van der Waals surface area contributed by atoms with Gasteiger partial charge in [-0.05, 0) is 41.8 Å². The molecule has 3 heterocycles. The van der Waals surface area contributed by atoms with Crippen molar-refractivity contribution in [2.45, 2.75) is 38.6 Å². The Labute approximate surface area is 158 Å². The van der Waals surface area contributed by atoms with Crippen molar-refractivity contribution in [2.75, 3.05) is 5.32 Å². The molecule has 8 heteroatoms. The monoisotopic (exact) mass is 395 g/mol. The fourth-order valence-electron chi connectivity index (χ4n) is 3.41. The molecule has 2 N–H and O–H groups in total. The molecule has 0 saturated carbocycles. The zero-order valence-electron chi connectivity index (χ0n) is 14.6. The summed E-state index contributed by atoms with van der Waals surface area (Å²) >= 11 is 6.28. The van der Waals surface area contributed by atoms with Gasteiger partial charge in [-0.1, -0.05) is 25.4 Å². The molecule has 1 aliphatic rings. The third-order valence-electron chi connectivity index (χ3n) is 4.71. The van der Waals surface area contributed by atoms with Crippen LogP contribution in [0.4, 0.5) is 18.9 Å². The number of nitrogens with one attached hydrogen (secondary N) is 1. The second-order valence-electron chi connectivity index (χ2n) is 7.01. The fourth-order valence-corrected chi connectivity index (χ4v) is 3.71. The van der Waals surface area contributed by atoms with E-state index in [4.69, 9.17) is 11.6 Å². The quantitative estimate of drug-likeness (QED) is 0.636. The normalized spacial score (nSPS) is 16.8. The average Bonchev–Trinajstić information content (AvgIpc) is 3.15. The first-order chi connectivity index (χ1) is 12.6. The van der Waals surface area contributed by atoms with E-state index in [2.05, 4.69) is 10.4 Å². The lowest BCUT2D eigenvalue weighted by molar-refractivity contribution is -0.137. The van der Waals surface area contributed by atoms with Crippen LogP contribution in [0.3, 0.4) is 0 Å². The number of hydrogen-bond donors (Lipinski definition) is 2. The maximum Gasteiger partial charge on any atom is 0.418 e. The van der Waals surface area contributed by atoms with E-state index in [0.29, 0.717) is 28.0 Å². The number of rotatable bonds is 2. The molecular weight excluding hydrogens is 379 g/mol. The summed E-state index contributed by atoms with van der Waals surface area (Å²) in [5.41, 5.74) is 1.99. The van der Waals surface area contributed by atoms with Crippen molar-refractivity contribution in [3.05, 3.63) is 52.2 Å². The summed E-state index contributed by atoms with van der Waals surface area (Å²) in [7, 11) is 0. The number of fused-ring (bicyclic) bond motifs is 2. The van der Waals surface area contributed by atoms with E-state index < -0.39 is 18.0 Å². The Bertz CT molecular complexity index is 1040. The first-order valence-corrected chi connectivity index (χ1v) is 8.90. The maximum atomic E-state index is 13.7. The molecule has 0 fully saturated rings. The van der Waals surface area contributed by atoms with Gasteiger partial charge in [-0.15, -0.1) is 0 Å². The van der Waals surface area contributed by atoms with Crippen LogP contribution in [0.15, 0.2) is 30.3 Å². The summed E-state index contributed by atoms with van der Waals surface area (Å²) in [6.07, 6.45) is -5.07. The predicted octanol–water partition coefficient (Wildman–Crippen LogP) is 5.08. The van der Waals surface area contributed by atoms with Crippen LogP contribution in [0, 0.1) is 0 Å². The molecule has 4 rings (SSSR count). The van der Waals surface area contributed by atoms with Crippen LogP contribution in [0.25, 0.3) is 16.8 Å². The van der Waals surface area contributed by atoms with E-state index >= 15 is 0 Å². The van der Waals surface area contributed by atoms with E-state index in [0.717, 1.165) is 6.07 Å². The summed E-state index contributed by atoms with van der Waals surface area (Å²) in [6, 6.07) is 7.39. The Kier molecular flexibility index (Phi) is 4.12. The highest BCUT2D eigenvalue weighted by atomic mass is 35.5. The summed E-state index contributed by atoms with van der Waals surface area (Å²) < 4.78 is 42.5. The van der Waals surface area contributed by atoms with Crippen LogP contribution >= 0.6 is 11.6 Å².